The molecule has 2 atom stereocenters. The van der Waals surface area contributed by atoms with E-state index in [-0.39, 0.29) is 0 Å². The summed E-state index contributed by atoms with van der Waals surface area (Å²) in [6.45, 7) is 15.2. The zero-order valence-corrected chi connectivity index (χ0v) is 32.0. The molecule has 0 bridgehead atoms. The second-order valence-electron chi connectivity index (χ2n) is 15.3. The molecule has 0 N–H and O–H groups in total. The van der Waals surface area contributed by atoms with Crippen LogP contribution in [0, 0.1) is 36.0 Å². The van der Waals surface area contributed by atoms with Crippen molar-refractivity contribution in [3.63, 3.8) is 0 Å². The SMILES string of the molecule is C#Cc1cc(-c2cc(-c3ccc(OCC[C@H](C)CCCC(C)C)cc3)no2)cc(-c2cc(-c3ccc(OCC[C@H](C)CCCC(C)C)cc3)no2)c1. The predicted octanol–water partition coefficient (Wildman–Crippen LogP) is 12.8. The number of ether oxygens (including phenoxy) is 2. The Morgan fingerprint density at radius 2 is 0.962 bits per heavy atom. The van der Waals surface area contributed by atoms with Gasteiger partial charge in [0.15, 0.2) is 11.5 Å². The van der Waals surface area contributed by atoms with E-state index in [2.05, 4.69) is 57.8 Å². The van der Waals surface area contributed by atoms with Gasteiger partial charge in [0, 0.05) is 39.9 Å². The highest BCUT2D eigenvalue weighted by atomic mass is 16.5. The van der Waals surface area contributed by atoms with E-state index >= 15 is 0 Å². The van der Waals surface area contributed by atoms with Gasteiger partial charge >= 0.3 is 0 Å². The minimum Gasteiger partial charge on any atom is -0.494 e. The van der Waals surface area contributed by atoms with Gasteiger partial charge in [0.2, 0.25) is 0 Å². The molecule has 0 fully saturated rings. The van der Waals surface area contributed by atoms with Gasteiger partial charge in [-0.15, -0.1) is 6.42 Å². The van der Waals surface area contributed by atoms with Crippen molar-refractivity contribution in [3.8, 4) is 69.0 Å². The van der Waals surface area contributed by atoms with Crippen molar-refractivity contribution in [2.45, 2.75) is 92.9 Å². The molecule has 0 saturated heterocycles. The van der Waals surface area contributed by atoms with Crippen molar-refractivity contribution >= 4 is 0 Å². The van der Waals surface area contributed by atoms with Crippen molar-refractivity contribution in [1.29, 1.82) is 0 Å². The van der Waals surface area contributed by atoms with Crippen LogP contribution in [0.25, 0.3) is 45.2 Å². The van der Waals surface area contributed by atoms with Crippen LogP contribution in [0.5, 0.6) is 11.5 Å². The fourth-order valence-electron chi connectivity index (χ4n) is 6.33. The van der Waals surface area contributed by atoms with E-state index in [1.807, 2.05) is 78.9 Å². The van der Waals surface area contributed by atoms with Crippen LogP contribution in [-0.4, -0.2) is 23.5 Å². The molecule has 0 radical (unpaired) electrons. The summed E-state index contributed by atoms with van der Waals surface area (Å²) >= 11 is 0. The van der Waals surface area contributed by atoms with Crippen molar-refractivity contribution in [2.24, 2.45) is 23.7 Å². The van der Waals surface area contributed by atoms with Crippen LogP contribution in [0.3, 0.4) is 0 Å². The number of nitrogens with zero attached hydrogens (tertiary/aromatic N) is 2. The van der Waals surface area contributed by atoms with Crippen LogP contribution in [0.4, 0.5) is 0 Å². The molecule has 6 heteroatoms. The van der Waals surface area contributed by atoms with Gasteiger partial charge in [-0.3, -0.25) is 0 Å². The molecule has 2 heterocycles. The molecule has 0 spiro atoms. The van der Waals surface area contributed by atoms with Crippen molar-refractivity contribution in [1.82, 2.24) is 10.3 Å². The Bertz CT molecular complexity index is 1720. The third kappa shape index (κ3) is 11.6. The lowest BCUT2D eigenvalue weighted by atomic mass is 9.98. The molecular formula is C46H56N2O4. The monoisotopic (exact) mass is 700 g/mol. The van der Waals surface area contributed by atoms with Gasteiger partial charge in [-0.05, 0) is 103 Å². The fraction of sp³-hybridized carbons (Fsp3) is 0.435. The maximum Gasteiger partial charge on any atom is 0.167 e. The topological polar surface area (TPSA) is 70.5 Å². The molecular weight excluding hydrogens is 645 g/mol. The predicted molar refractivity (Wildman–Crippen MR) is 212 cm³/mol. The van der Waals surface area contributed by atoms with Crippen LogP contribution in [0.2, 0.25) is 0 Å². The molecule has 0 saturated carbocycles. The Balaban J connectivity index is 1.17. The zero-order chi connectivity index (χ0) is 36.9. The van der Waals surface area contributed by atoms with Crippen LogP contribution >= 0.6 is 0 Å². The first kappa shape index (κ1) is 38.5. The van der Waals surface area contributed by atoms with Gasteiger partial charge < -0.3 is 18.5 Å². The molecule has 0 aliphatic rings. The van der Waals surface area contributed by atoms with E-state index < -0.39 is 0 Å². The lowest BCUT2D eigenvalue weighted by Crippen LogP contribution is -2.04. The first-order valence-electron chi connectivity index (χ1n) is 19.2. The first-order valence-corrected chi connectivity index (χ1v) is 19.2. The van der Waals surface area contributed by atoms with Crippen LogP contribution in [0.1, 0.15) is 98.5 Å². The molecule has 0 amide bonds. The number of aromatic nitrogens is 2. The van der Waals surface area contributed by atoms with E-state index in [1.54, 1.807) is 0 Å². The number of rotatable bonds is 20. The highest BCUT2D eigenvalue weighted by Crippen LogP contribution is 2.33. The minimum absolute atomic E-state index is 0.611. The van der Waals surface area contributed by atoms with Crippen molar-refractivity contribution in [3.05, 3.63) is 84.4 Å². The van der Waals surface area contributed by atoms with Gasteiger partial charge in [0.1, 0.15) is 22.9 Å². The van der Waals surface area contributed by atoms with Gasteiger partial charge in [-0.25, -0.2) is 0 Å². The van der Waals surface area contributed by atoms with Crippen molar-refractivity contribution < 1.29 is 18.5 Å². The summed E-state index contributed by atoms with van der Waals surface area (Å²) in [5.41, 5.74) is 5.67. The van der Waals surface area contributed by atoms with E-state index in [4.69, 9.17) is 24.9 Å². The summed E-state index contributed by atoms with van der Waals surface area (Å²) in [7, 11) is 0. The van der Waals surface area contributed by atoms with E-state index in [0.717, 1.165) is 83.0 Å². The van der Waals surface area contributed by atoms with Crippen LogP contribution in [-0.2, 0) is 0 Å². The maximum atomic E-state index is 6.04. The van der Waals surface area contributed by atoms with Gasteiger partial charge in [-0.2, -0.15) is 0 Å². The molecule has 0 aliphatic carbocycles. The third-order valence-corrected chi connectivity index (χ3v) is 9.70. The highest BCUT2D eigenvalue weighted by Gasteiger charge is 2.15. The number of benzene rings is 3. The Morgan fingerprint density at radius 3 is 1.35 bits per heavy atom. The van der Waals surface area contributed by atoms with E-state index in [9.17, 15) is 0 Å². The minimum atomic E-state index is 0.611. The molecule has 6 nitrogen and oxygen atoms in total. The van der Waals surface area contributed by atoms with Crippen LogP contribution < -0.4 is 9.47 Å². The Hall–Kier alpha value is -4.76. The summed E-state index contributed by atoms with van der Waals surface area (Å²) in [4.78, 5) is 0. The van der Waals surface area contributed by atoms with Gasteiger partial charge in [-0.1, -0.05) is 96.3 Å². The number of hydrogen-bond acceptors (Lipinski definition) is 6. The molecule has 0 aliphatic heterocycles. The summed E-state index contributed by atoms with van der Waals surface area (Å²) < 4.78 is 23.7. The normalized spacial score (nSPS) is 12.6. The number of hydrogen-bond donors (Lipinski definition) is 0. The average Bonchev–Trinajstić information content (AvgIpc) is 3.83. The standard InChI is InChI=1S/C46H56N2O4/c1-8-36-27-39(45-30-43(47-51-45)37-15-19-41(20-16-37)49-25-23-34(6)13-9-11-32(2)3)29-40(28-36)46-31-44(48-52-46)38-17-21-42(22-18-38)50-26-24-35(7)14-10-12-33(4)5/h1,15-22,27-35H,9-14,23-26H2,2-7H3/t34-,35-/m1/s1. The molecule has 2 aromatic heterocycles. The largest absolute Gasteiger partial charge is 0.494 e. The van der Waals surface area contributed by atoms with Crippen LogP contribution in [0.15, 0.2) is 87.9 Å². The first-order chi connectivity index (χ1) is 25.2. The van der Waals surface area contributed by atoms with E-state index in [1.165, 1.54) is 38.5 Å². The Labute approximate surface area is 311 Å². The van der Waals surface area contributed by atoms with Crippen molar-refractivity contribution in [2.75, 3.05) is 13.2 Å². The Morgan fingerprint density at radius 1 is 0.538 bits per heavy atom. The van der Waals surface area contributed by atoms with Gasteiger partial charge in [0.25, 0.3) is 0 Å². The maximum absolute atomic E-state index is 6.04. The fourth-order valence-corrected chi connectivity index (χ4v) is 6.33. The third-order valence-electron chi connectivity index (χ3n) is 9.70. The smallest absolute Gasteiger partial charge is 0.167 e. The molecule has 52 heavy (non-hydrogen) atoms. The van der Waals surface area contributed by atoms with E-state index in [0.29, 0.717) is 28.9 Å². The molecule has 3 aromatic carbocycles. The second kappa shape index (κ2) is 19.2. The molecule has 0 unspecified atom stereocenters. The molecule has 274 valence electrons. The molecule has 5 rings (SSSR count). The summed E-state index contributed by atoms with van der Waals surface area (Å²) in [6.07, 6.45) is 15.6. The molecule has 5 aromatic rings. The highest BCUT2D eigenvalue weighted by molar-refractivity contribution is 5.75. The lowest BCUT2D eigenvalue weighted by Gasteiger charge is -2.13. The van der Waals surface area contributed by atoms with Gasteiger partial charge in [0.05, 0.1) is 13.2 Å². The number of terminal acetylenes is 1. The lowest BCUT2D eigenvalue weighted by molar-refractivity contribution is 0.275. The summed E-state index contributed by atoms with van der Waals surface area (Å²) in [5, 5.41) is 8.72. The average molecular weight is 701 g/mol. The quantitative estimate of drug-likeness (QED) is 0.0753. The zero-order valence-electron chi connectivity index (χ0n) is 32.0. The second-order valence-corrected chi connectivity index (χ2v) is 15.3. The summed E-state index contributed by atoms with van der Waals surface area (Å²) in [6, 6.07) is 25.7. The summed E-state index contributed by atoms with van der Waals surface area (Å²) in [5.74, 6) is 8.57. The Kier molecular flexibility index (Phi) is 14.2.